The summed E-state index contributed by atoms with van der Waals surface area (Å²) in [5.41, 5.74) is 23.9. The van der Waals surface area contributed by atoms with Gasteiger partial charge in [0, 0.05) is 88.0 Å². The predicted octanol–water partition coefficient (Wildman–Crippen LogP) is 26.7. The highest BCUT2D eigenvalue weighted by Gasteiger charge is 2.23. The normalized spacial score (nSPS) is 11.6. The van der Waals surface area contributed by atoms with Crippen LogP contribution >= 0.6 is 0 Å². The van der Waals surface area contributed by atoms with E-state index in [4.69, 9.17) is 39.9 Å². The van der Waals surface area contributed by atoms with Gasteiger partial charge in [0.25, 0.3) is 0 Å². The van der Waals surface area contributed by atoms with Gasteiger partial charge in [-0.3, -0.25) is 0 Å². The molecule has 0 unspecified atom stereocenters. The van der Waals surface area contributed by atoms with Crippen LogP contribution in [0.5, 0.6) is 0 Å². The van der Waals surface area contributed by atoms with E-state index in [0.29, 0.717) is 11.6 Å². The number of para-hydroxylation sites is 2. The molecule has 0 aliphatic heterocycles. The minimum absolute atomic E-state index is 0.692. The fourth-order valence-corrected chi connectivity index (χ4v) is 16.3. The van der Waals surface area contributed by atoms with Gasteiger partial charge in [0.15, 0.2) is 11.6 Å². The monoisotopic (exact) mass is 1420 g/mol. The lowest BCUT2D eigenvalue weighted by molar-refractivity contribution is 1.18. The minimum atomic E-state index is 0.692. The average Bonchev–Trinajstić information content (AvgIpc) is 0.730. The fraction of sp³-hybridized carbons (Fsp3) is 0. The van der Waals surface area contributed by atoms with Crippen LogP contribution in [0.1, 0.15) is 0 Å². The number of hydrogen-bond acceptors (Lipinski definition) is 8. The summed E-state index contributed by atoms with van der Waals surface area (Å²) < 4.78 is 0. The molecular formula is C104H64N8. The van der Waals surface area contributed by atoms with E-state index in [-0.39, 0.29) is 0 Å². The molecule has 0 saturated heterocycles. The van der Waals surface area contributed by atoms with Crippen molar-refractivity contribution >= 4 is 109 Å². The first-order chi connectivity index (χ1) is 55.5. The van der Waals surface area contributed by atoms with Crippen LogP contribution in [0.2, 0.25) is 0 Å². The zero-order chi connectivity index (χ0) is 74.0. The Balaban J connectivity index is 0.000000141. The molecular weight excluding hydrogens is 1360 g/mol. The molecule has 8 heteroatoms. The molecule has 0 aliphatic rings. The van der Waals surface area contributed by atoms with Crippen molar-refractivity contribution < 1.29 is 0 Å². The van der Waals surface area contributed by atoms with Gasteiger partial charge in [-0.2, -0.15) is 0 Å². The summed E-state index contributed by atoms with van der Waals surface area (Å²) in [4.78, 5) is 41.8. The Morgan fingerprint density at radius 3 is 0.884 bits per heavy atom. The van der Waals surface area contributed by atoms with Crippen molar-refractivity contribution in [1.82, 2.24) is 39.9 Å². The first kappa shape index (κ1) is 65.2. The van der Waals surface area contributed by atoms with Crippen molar-refractivity contribution in [3.8, 4) is 113 Å². The quantitative estimate of drug-likeness (QED) is 0.0985. The first-order valence-corrected chi connectivity index (χ1v) is 37.8. The summed E-state index contributed by atoms with van der Waals surface area (Å²) in [6.45, 7) is 0. The van der Waals surface area contributed by atoms with Crippen molar-refractivity contribution in [2.24, 2.45) is 0 Å². The predicted molar refractivity (Wildman–Crippen MR) is 465 cm³/mol. The molecule has 0 spiro atoms. The lowest BCUT2D eigenvalue weighted by Crippen LogP contribution is -1.98. The highest BCUT2D eigenvalue weighted by atomic mass is 14.9. The smallest absolute Gasteiger partial charge is 0.160 e. The zero-order valence-corrected chi connectivity index (χ0v) is 60.5. The molecule has 0 N–H and O–H groups in total. The molecule has 6 aromatic heterocycles. The van der Waals surface area contributed by atoms with Gasteiger partial charge < -0.3 is 0 Å². The Morgan fingerprint density at radius 1 is 0.134 bits per heavy atom. The second-order valence-electron chi connectivity index (χ2n) is 28.4. The molecule has 0 bridgehead atoms. The number of pyridine rings is 4. The van der Waals surface area contributed by atoms with Gasteiger partial charge in [-0.05, 0) is 115 Å². The Hall–Kier alpha value is -15.1. The van der Waals surface area contributed by atoms with E-state index in [9.17, 15) is 0 Å². The Kier molecular flexibility index (Phi) is 16.1. The van der Waals surface area contributed by atoms with E-state index in [1.54, 1.807) is 0 Å². The fourth-order valence-electron chi connectivity index (χ4n) is 16.3. The van der Waals surface area contributed by atoms with E-state index >= 15 is 0 Å². The number of benzene rings is 16. The number of rotatable bonds is 10. The van der Waals surface area contributed by atoms with E-state index in [1.165, 1.54) is 27.5 Å². The summed E-state index contributed by atoms with van der Waals surface area (Å²) in [5.74, 6) is 1.40. The molecule has 22 aromatic rings. The standard InChI is InChI=1S/2C52H32N4/c1-4-16-33(17-5-1)45-32-46(56-52(55-45)36-20-8-3-9-21-36)49-39-24-12-10-22-37(39)48(38-23-11-13-25-40(38)49)44-31-29-35-28-30-42-47(34-18-6-2-7-19-34)41-26-14-15-27-43(41)53-51(42)50(35)54-44;1-4-12-33(13-5-1)47-32-48(56-52(55-47)36-16-8-3-9-17-36)40-23-21-38-28-41-30-39(22-20-37(41)29-42(38)31-40)45-27-25-35-24-26-44-49(34-14-6-2-7-15-34)43-18-10-11-19-46(43)54-51(44)50(35)53-45/h2*1-32H. The third-order valence-corrected chi connectivity index (χ3v) is 21.6. The van der Waals surface area contributed by atoms with E-state index in [0.717, 1.165) is 182 Å². The molecule has 0 atom stereocenters. The van der Waals surface area contributed by atoms with Crippen molar-refractivity contribution in [2.45, 2.75) is 0 Å². The third kappa shape index (κ3) is 11.7. The molecule has 16 aromatic carbocycles. The molecule has 520 valence electrons. The molecule has 0 saturated carbocycles. The second kappa shape index (κ2) is 27.6. The number of aromatic nitrogens is 8. The van der Waals surface area contributed by atoms with E-state index in [1.807, 2.05) is 60.7 Å². The summed E-state index contributed by atoms with van der Waals surface area (Å²) in [7, 11) is 0. The van der Waals surface area contributed by atoms with E-state index in [2.05, 4.69) is 328 Å². The topological polar surface area (TPSA) is 103 Å². The molecule has 112 heavy (non-hydrogen) atoms. The summed E-state index contributed by atoms with van der Waals surface area (Å²) in [6.07, 6.45) is 0. The van der Waals surface area contributed by atoms with Crippen LogP contribution in [0, 0.1) is 0 Å². The zero-order valence-electron chi connectivity index (χ0n) is 60.5. The van der Waals surface area contributed by atoms with Gasteiger partial charge in [0.1, 0.15) is 0 Å². The van der Waals surface area contributed by atoms with Gasteiger partial charge in [0.2, 0.25) is 0 Å². The maximum absolute atomic E-state index is 5.54. The molecule has 6 heterocycles. The van der Waals surface area contributed by atoms with Gasteiger partial charge in [-0.15, -0.1) is 0 Å². The highest BCUT2D eigenvalue weighted by Crippen LogP contribution is 2.46. The average molecular weight is 1430 g/mol. The largest absolute Gasteiger partial charge is 0.245 e. The number of fused-ring (bicyclic) bond motifs is 12. The maximum Gasteiger partial charge on any atom is 0.160 e. The number of nitrogens with zero attached hydrogens (tertiary/aromatic N) is 8. The summed E-state index contributed by atoms with van der Waals surface area (Å²) in [5, 5.41) is 15.7. The van der Waals surface area contributed by atoms with Crippen molar-refractivity contribution in [1.29, 1.82) is 0 Å². The van der Waals surface area contributed by atoms with Crippen LogP contribution in [-0.4, -0.2) is 39.9 Å². The van der Waals surface area contributed by atoms with Gasteiger partial charge in [0.05, 0.1) is 67.3 Å². The van der Waals surface area contributed by atoms with Crippen LogP contribution in [0.4, 0.5) is 0 Å². The SMILES string of the molecule is c1ccc(-c2cc(-c3c4ccccc4c(-c4ccc5ccc6c(-c7ccccc7)c7ccccc7nc6c5n4)c4ccccc34)nc(-c3ccccc3)n2)cc1.c1ccc(-c2cc(-c3ccc4cc5cc(-c6ccc7ccc8c(-c9ccccc9)c9ccccc9nc8c7n6)ccc5cc4c3)nc(-c3ccccc3)n2)cc1. The summed E-state index contributed by atoms with van der Waals surface area (Å²) in [6, 6.07) is 136. The van der Waals surface area contributed by atoms with Gasteiger partial charge in [-0.25, -0.2) is 39.9 Å². The van der Waals surface area contributed by atoms with Crippen molar-refractivity contribution in [3.63, 3.8) is 0 Å². The van der Waals surface area contributed by atoms with Gasteiger partial charge >= 0.3 is 0 Å². The molecule has 8 nitrogen and oxygen atoms in total. The molecule has 0 aliphatic carbocycles. The van der Waals surface area contributed by atoms with E-state index < -0.39 is 0 Å². The first-order valence-electron chi connectivity index (χ1n) is 37.8. The highest BCUT2D eigenvalue weighted by molar-refractivity contribution is 6.23. The Morgan fingerprint density at radius 2 is 0.446 bits per heavy atom. The van der Waals surface area contributed by atoms with Crippen LogP contribution in [-0.2, 0) is 0 Å². The van der Waals surface area contributed by atoms with Crippen LogP contribution in [0.25, 0.3) is 221 Å². The molecule has 0 radical (unpaired) electrons. The van der Waals surface area contributed by atoms with Crippen molar-refractivity contribution in [2.75, 3.05) is 0 Å². The Labute approximate surface area is 645 Å². The number of hydrogen-bond donors (Lipinski definition) is 0. The molecule has 22 rings (SSSR count). The third-order valence-electron chi connectivity index (χ3n) is 21.6. The lowest BCUT2D eigenvalue weighted by Gasteiger charge is -2.18. The van der Waals surface area contributed by atoms with Gasteiger partial charge in [-0.1, -0.05) is 328 Å². The summed E-state index contributed by atoms with van der Waals surface area (Å²) >= 11 is 0. The lowest BCUT2D eigenvalue weighted by atomic mass is 9.88. The van der Waals surface area contributed by atoms with Crippen LogP contribution in [0.3, 0.4) is 0 Å². The maximum atomic E-state index is 5.54. The minimum Gasteiger partial charge on any atom is -0.245 e. The molecule has 0 fully saturated rings. The van der Waals surface area contributed by atoms with Crippen molar-refractivity contribution in [3.05, 3.63) is 388 Å². The van der Waals surface area contributed by atoms with Crippen LogP contribution < -0.4 is 0 Å². The molecule has 0 amide bonds. The second-order valence-corrected chi connectivity index (χ2v) is 28.4. The van der Waals surface area contributed by atoms with Crippen LogP contribution in [0.15, 0.2) is 388 Å². The Bertz CT molecular complexity index is 7300.